The van der Waals surface area contributed by atoms with Crippen LogP contribution in [0.1, 0.15) is 35.8 Å². The largest absolute Gasteiger partial charge is 0.325 e. The summed E-state index contributed by atoms with van der Waals surface area (Å²) in [6.07, 6.45) is 0.856. The minimum absolute atomic E-state index is 0.00633. The van der Waals surface area contributed by atoms with Crippen LogP contribution in [0.5, 0.6) is 0 Å². The van der Waals surface area contributed by atoms with Crippen LogP contribution >= 0.6 is 11.8 Å². The van der Waals surface area contributed by atoms with Gasteiger partial charge in [0.15, 0.2) is 0 Å². The zero-order valence-electron chi connectivity index (χ0n) is 14.6. The van der Waals surface area contributed by atoms with E-state index in [0.29, 0.717) is 5.75 Å². The fourth-order valence-electron chi connectivity index (χ4n) is 2.57. The molecule has 25 heavy (non-hydrogen) atoms. The number of non-ortho nitro benzene ring substituents is 1. The molecule has 0 radical (unpaired) electrons. The molecule has 2 aromatic carbocycles. The van der Waals surface area contributed by atoms with Crippen molar-refractivity contribution in [1.29, 1.82) is 0 Å². The predicted octanol–water partition coefficient (Wildman–Crippen LogP) is 4.90. The Kier molecular flexibility index (Phi) is 6.58. The second kappa shape index (κ2) is 8.67. The number of hydrogen-bond donors (Lipinski definition) is 1. The molecule has 1 N–H and O–H groups in total. The van der Waals surface area contributed by atoms with E-state index >= 15 is 0 Å². The molecule has 0 fully saturated rings. The van der Waals surface area contributed by atoms with Gasteiger partial charge in [-0.2, -0.15) is 0 Å². The highest BCUT2D eigenvalue weighted by Gasteiger charge is 2.14. The van der Waals surface area contributed by atoms with Crippen molar-refractivity contribution in [1.82, 2.24) is 0 Å². The third kappa shape index (κ3) is 5.06. The lowest BCUT2D eigenvalue weighted by molar-refractivity contribution is -0.384. The highest BCUT2D eigenvalue weighted by Crippen LogP contribution is 2.30. The lowest BCUT2D eigenvalue weighted by atomic mass is 10.1. The SMILES string of the molecule is CCc1cccc(C)c1NC(=O)CS[C@@H](C)c1cccc([N+](=O)[O-])c1. The van der Waals surface area contributed by atoms with Gasteiger partial charge in [0.05, 0.1) is 10.7 Å². The number of para-hydroxylation sites is 1. The summed E-state index contributed by atoms with van der Waals surface area (Å²) < 4.78 is 0. The number of nitrogens with zero attached hydrogens (tertiary/aromatic N) is 1. The zero-order valence-corrected chi connectivity index (χ0v) is 15.4. The van der Waals surface area contributed by atoms with Crippen molar-refractivity contribution in [3.05, 3.63) is 69.3 Å². The maximum Gasteiger partial charge on any atom is 0.269 e. The summed E-state index contributed by atoms with van der Waals surface area (Å²) in [6, 6.07) is 12.5. The van der Waals surface area contributed by atoms with Gasteiger partial charge in [0.1, 0.15) is 0 Å². The third-order valence-electron chi connectivity index (χ3n) is 4.02. The minimum Gasteiger partial charge on any atom is -0.325 e. The number of thioether (sulfide) groups is 1. The van der Waals surface area contributed by atoms with E-state index in [4.69, 9.17) is 0 Å². The molecule has 5 nitrogen and oxygen atoms in total. The molecule has 0 aliphatic rings. The zero-order chi connectivity index (χ0) is 18.4. The molecular weight excluding hydrogens is 336 g/mol. The maximum absolute atomic E-state index is 12.3. The fraction of sp³-hybridized carbons (Fsp3) is 0.316. The number of nitro benzene ring substituents is 1. The first-order valence-electron chi connectivity index (χ1n) is 8.16. The van der Waals surface area contributed by atoms with Crippen molar-refractivity contribution in [3.8, 4) is 0 Å². The lowest BCUT2D eigenvalue weighted by Crippen LogP contribution is -2.16. The molecule has 0 unspecified atom stereocenters. The van der Waals surface area contributed by atoms with Crippen LogP contribution < -0.4 is 5.32 Å². The molecule has 0 saturated carbocycles. The van der Waals surface area contributed by atoms with Crippen molar-refractivity contribution < 1.29 is 9.72 Å². The Bertz CT molecular complexity index is 777. The van der Waals surface area contributed by atoms with Crippen LogP contribution in [0.15, 0.2) is 42.5 Å². The van der Waals surface area contributed by atoms with Gasteiger partial charge in [0.25, 0.3) is 5.69 Å². The van der Waals surface area contributed by atoms with Gasteiger partial charge >= 0.3 is 0 Å². The summed E-state index contributed by atoms with van der Waals surface area (Å²) in [6.45, 7) is 5.99. The molecule has 0 aliphatic heterocycles. The Morgan fingerprint density at radius 2 is 2.00 bits per heavy atom. The first kappa shape index (κ1) is 19.0. The van der Waals surface area contributed by atoms with E-state index in [1.54, 1.807) is 12.1 Å². The quantitative estimate of drug-likeness (QED) is 0.564. The number of benzene rings is 2. The molecular formula is C19H22N2O3S. The van der Waals surface area contributed by atoms with Gasteiger partial charge < -0.3 is 5.32 Å². The van der Waals surface area contributed by atoms with Gasteiger partial charge in [0.2, 0.25) is 5.91 Å². The van der Waals surface area contributed by atoms with Crippen molar-refractivity contribution >= 4 is 29.0 Å². The molecule has 2 aromatic rings. The van der Waals surface area contributed by atoms with E-state index in [1.807, 2.05) is 38.1 Å². The average Bonchev–Trinajstić information content (AvgIpc) is 2.61. The number of nitrogens with one attached hydrogen (secondary N) is 1. The predicted molar refractivity (Wildman–Crippen MR) is 103 cm³/mol. The van der Waals surface area contributed by atoms with Crippen molar-refractivity contribution in [3.63, 3.8) is 0 Å². The first-order valence-corrected chi connectivity index (χ1v) is 9.21. The number of amides is 1. The molecule has 0 heterocycles. The molecule has 6 heteroatoms. The summed E-state index contributed by atoms with van der Waals surface area (Å²) in [5.41, 5.74) is 3.96. The summed E-state index contributed by atoms with van der Waals surface area (Å²) in [5, 5.41) is 13.9. The van der Waals surface area contributed by atoms with E-state index in [1.165, 1.54) is 17.8 Å². The number of aryl methyl sites for hydroxylation is 2. The highest BCUT2D eigenvalue weighted by atomic mass is 32.2. The number of nitro groups is 1. The molecule has 0 spiro atoms. The molecule has 0 bridgehead atoms. The minimum atomic E-state index is -0.405. The number of hydrogen-bond acceptors (Lipinski definition) is 4. The Morgan fingerprint density at radius 1 is 1.28 bits per heavy atom. The van der Waals surface area contributed by atoms with Crippen LogP contribution in [0.4, 0.5) is 11.4 Å². The third-order valence-corrected chi connectivity index (χ3v) is 5.22. The van der Waals surface area contributed by atoms with Crippen LogP contribution in [0.3, 0.4) is 0 Å². The number of carbonyl (C=O) groups is 1. The molecule has 0 aliphatic carbocycles. The average molecular weight is 358 g/mol. The topological polar surface area (TPSA) is 72.2 Å². The summed E-state index contributed by atoms with van der Waals surface area (Å²) in [4.78, 5) is 22.8. The molecule has 2 rings (SSSR count). The van der Waals surface area contributed by atoms with E-state index in [9.17, 15) is 14.9 Å². The molecule has 0 aromatic heterocycles. The number of rotatable bonds is 7. The molecule has 132 valence electrons. The van der Waals surface area contributed by atoms with Gasteiger partial charge in [-0.15, -0.1) is 11.8 Å². The molecule has 1 atom stereocenters. The Labute approximate surface area is 152 Å². The van der Waals surface area contributed by atoms with Crippen molar-refractivity contribution in [2.75, 3.05) is 11.1 Å². The van der Waals surface area contributed by atoms with Crippen molar-refractivity contribution in [2.45, 2.75) is 32.4 Å². The number of carbonyl (C=O) groups excluding carboxylic acids is 1. The fourth-order valence-corrected chi connectivity index (χ4v) is 3.38. The van der Waals surface area contributed by atoms with Crippen LogP contribution in [0, 0.1) is 17.0 Å². The van der Waals surface area contributed by atoms with E-state index in [0.717, 1.165) is 28.8 Å². The Hall–Kier alpha value is -2.34. The molecule has 1 amide bonds. The lowest BCUT2D eigenvalue weighted by Gasteiger charge is -2.14. The Balaban J connectivity index is 1.98. The smallest absolute Gasteiger partial charge is 0.269 e. The van der Waals surface area contributed by atoms with E-state index < -0.39 is 4.92 Å². The monoisotopic (exact) mass is 358 g/mol. The van der Waals surface area contributed by atoms with Gasteiger partial charge in [-0.1, -0.05) is 37.3 Å². The number of anilines is 1. The van der Waals surface area contributed by atoms with Gasteiger partial charge in [-0.3, -0.25) is 14.9 Å². The second-order valence-electron chi connectivity index (χ2n) is 5.82. The second-order valence-corrected chi connectivity index (χ2v) is 7.15. The van der Waals surface area contributed by atoms with Crippen LogP contribution in [0.2, 0.25) is 0 Å². The summed E-state index contributed by atoms with van der Waals surface area (Å²) in [7, 11) is 0. The van der Waals surface area contributed by atoms with Crippen LogP contribution in [-0.2, 0) is 11.2 Å². The maximum atomic E-state index is 12.3. The van der Waals surface area contributed by atoms with Crippen LogP contribution in [-0.4, -0.2) is 16.6 Å². The van der Waals surface area contributed by atoms with Crippen LogP contribution in [0.25, 0.3) is 0 Å². The van der Waals surface area contributed by atoms with E-state index in [2.05, 4.69) is 12.2 Å². The van der Waals surface area contributed by atoms with Gasteiger partial charge in [-0.05, 0) is 37.0 Å². The van der Waals surface area contributed by atoms with E-state index in [-0.39, 0.29) is 16.8 Å². The summed E-state index contributed by atoms with van der Waals surface area (Å²) >= 11 is 1.46. The highest BCUT2D eigenvalue weighted by molar-refractivity contribution is 8.00. The standard InChI is InChI=1S/C19H22N2O3S/c1-4-15-8-5-7-13(2)19(15)20-18(22)12-25-14(3)16-9-6-10-17(11-16)21(23)24/h5-11,14H,4,12H2,1-3H3,(H,20,22)/t14-/m0/s1. The normalized spacial score (nSPS) is 11.8. The summed E-state index contributed by atoms with van der Waals surface area (Å²) in [5.74, 6) is 0.229. The first-order chi connectivity index (χ1) is 11.9. The van der Waals surface area contributed by atoms with Gasteiger partial charge in [0, 0.05) is 23.1 Å². The molecule has 0 saturated heterocycles. The van der Waals surface area contributed by atoms with Gasteiger partial charge in [-0.25, -0.2) is 0 Å². The Morgan fingerprint density at radius 3 is 2.68 bits per heavy atom. The van der Waals surface area contributed by atoms with Crippen molar-refractivity contribution in [2.24, 2.45) is 0 Å².